The van der Waals surface area contributed by atoms with Gasteiger partial charge in [0.15, 0.2) is 0 Å². The van der Waals surface area contributed by atoms with Crippen molar-refractivity contribution in [3.63, 3.8) is 0 Å². The number of hydrogen-bond acceptors (Lipinski definition) is 4. The van der Waals surface area contributed by atoms with Gasteiger partial charge in [0.2, 0.25) is 0 Å². The quantitative estimate of drug-likeness (QED) is 0.516. The SMILES string of the molecule is CC(C)(C)N=Cc1cccc(C=NC(C)(C)C)n1.[O-]c1ccccc1.[Rh]. The van der Waals surface area contributed by atoms with E-state index >= 15 is 0 Å². The van der Waals surface area contributed by atoms with Crippen LogP contribution in [0.4, 0.5) is 0 Å². The van der Waals surface area contributed by atoms with Crippen LogP contribution in [0.3, 0.4) is 0 Å². The maximum atomic E-state index is 10.3. The normalized spacial score (nSPS) is 11.8. The third-order valence-electron chi connectivity index (χ3n) is 2.70. The van der Waals surface area contributed by atoms with Crippen LogP contribution >= 0.6 is 0 Å². The van der Waals surface area contributed by atoms with Crippen LogP contribution in [0.2, 0.25) is 0 Å². The summed E-state index contributed by atoms with van der Waals surface area (Å²) in [5.41, 5.74) is 1.58. The molecule has 0 N–H and O–H groups in total. The van der Waals surface area contributed by atoms with Gasteiger partial charge < -0.3 is 5.11 Å². The van der Waals surface area contributed by atoms with Gasteiger partial charge in [-0.2, -0.15) is 0 Å². The number of pyridine rings is 1. The van der Waals surface area contributed by atoms with Crippen molar-refractivity contribution in [2.75, 3.05) is 0 Å². The molecule has 5 heteroatoms. The number of benzene rings is 1. The topological polar surface area (TPSA) is 60.7 Å². The minimum atomic E-state index is -0.0722. The van der Waals surface area contributed by atoms with Crippen molar-refractivity contribution in [2.45, 2.75) is 52.6 Å². The standard InChI is InChI=1S/C15H23N3.C6H6O.Rh/c1-14(2,3)16-10-12-8-7-9-13(18-12)11-17-15(4,5)6;7-6-4-2-1-3-5-6;/h7-11H,1-6H3;1-5,7H;/p-1. The molecule has 0 unspecified atom stereocenters. The van der Waals surface area contributed by atoms with Gasteiger partial charge in [-0.1, -0.05) is 36.4 Å². The van der Waals surface area contributed by atoms with E-state index in [-0.39, 0.29) is 36.3 Å². The van der Waals surface area contributed by atoms with Crippen LogP contribution < -0.4 is 5.11 Å². The molecule has 1 aromatic heterocycles. The van der Waals surface area contributed by atoms with E-state index in [2.05, 4.69) is 56.5 Å². The number of aromatic nitrogens is 1. The van der Waals surface area contributed by atoms with Crippen LogP contribution in [0.1, 0.15) is 52.9 Å². The molecule has 0 saturated carbocycles. The molecule has 2 rings (SSSR count). The first-order valence-corrected chi connectivity index (χ1v) is 8.35. The molecule has 4 nitrogen and oxygen atoms in total. The molecular weight excluding hydrogens is 413 g/mol. The van der Waals surface area contributed by atoms with E-state index < -0.39 is 0 Å². The van der Waals surface area contributed by atoms with Crippen molar-refractivity contribution in [1.82, 2.24) is 4.98 Å². The zero-order chi connectivity index (χ0) is 18.9. The summed E-state index contributed by atoms with van der Waals surface area (Å²) in [6.07, 6.45) is 3.63. The molecule has 0 amide bonds. The summed E-state index contributed by atoms with van der Waals surface area (Å²) in [4.78, 5) is 13.4. The fourth-order valence-electron chi connectivity index (χ4n) is 1.55. The second-order valence-corrected chi connectivity index (χ2v) is 7.66. The van der Waals surface area contributed by atoms with Gasteiger partial charge in [0.05, 0.1) is 22.5 Å². The average Bonchev–Trinajstić information content (AvgIpc) is 2.52. The number of nitrogens with zero attached hydrogens (tertiary/aromatic N) is 3. The Morgan fingerprint density at radius 3 is 1.46 bits per heavy atom. The molecule has 143 valence electrons. The Morgan fingerprint density at radius 1 is 0.731 bits per heavy atom. The van der Waals surface area contributed by atoms with Crippen LogP contribution in [0.15, 0.2) is 58.5 Å². The van der Waals surface area contributed by atoms with Gasteiger partial charge in [0.25, 0.3) is 0 Å². The van der Waals surface area contributed by atoms with Gasteiger partial charge in [-0.3, -0.25) is 9.98 Å². The zero-order valence-electron chi connectivity index (χ0n) is 16.4. The summed E-state index contributed by atoms with van der Waals surface area (Å²) in [6, 6.07) is 14.2. The molecule has 0 saturated heterocycles. The Morgan fingerprint density at radius 2 is 1.15 bits per heavy atom. The van der Waals surface area contributed by atoms with E-state index in [1.165, 1.54) is 12.1 Å². The van der Waals surface area contributed by atoms with Crippen LogP contribution in [-0.2, 0) is 19.5 Å². The molecular formula is C21H28N3ORh-. The molecule has 2 aromatic rings. The maximum absolute atomic E-state index is 10.3. The molecule has 26 heavy (non-hydrogen) atoms. The molecule has 0 bridgehead atoms. The van der Waals surface area contributed by atoms with Crippen molar-refractivity contribution in [2.24, 2.45) is 9.98 Å². The summed E-state index contributed by atoms with van der Waals surface area (Å²) in [5.74, 6) is 0.0718. The third-order valence-corrected chi connectivity index (χ3v) is 2.70. The van der Waals surface area contributed by atoms with Crippen LogP contribution in [0, 0.1) is 0 Å². The largest absolute Gasteiger partial charge is 0.872 e. The predicted molar refractivity (Wildman–Crippen MR) is 105 cm³/mol. The minimum Gasteiger partial charge on any atom is -0.872 e. The fourth-order valence-corrected chi connectivity index (χ4v) is 1.55. The molecule has 1 radical (unpaired) electrons. The first-order valence-electron chi connectivity index (χ1n) is 8.35. The molecule has 0 fully saturated rings. The molecule has 0 aliphatic rings. The number of aliphatic imine (C=N–C) groups is 2. The Balaban J connectivity index is 0.000000655. The van der Waals surface area contributed by atoms with E-state index in [1.54, 1.807) is 12.1 Å². The van der Waals surface area contributed by atoms with Gasteiger partial charge in [0.1, 0.15) is 0 Å². The first-order chi connectivity index (χ1) is 11.6. The van der Waals surface area contributed by atoms with Crippen molar-refractivity contribution in [1.29, 1.82) is 0 Å². The number of rotatable bonds is 2. The van der Waals surface area contributed by atoms with E-state index in [4.69, 9.17) is 0 Å². The Bertz CT molecular complexity index is 660. The number of hydrogen-bond donors (Lipinski definition) is 0. The Hall–Kier alpha value is -1.87. The molecule has 0 atom stereocenters. The second kappa shape index (κ2) is 11.0. The molecule has 0 spiro atoms. The molecule has 1 aromatic carbocycles. The van der Waals surface area contributed by atoms with Crippen molar-refractivity contribution in [3.05, 3.63) is 59.9 Å². The summed E-state index contributed by atoms with van der Waals surface area (Å²) >= 11 is 0. The van der Waals surface area contributed by atoms with Gasteiger partial charge >= 0.3 is 0 Å². The number of para-hydroxylation sites is 1. The maximum Gasteiger partial charge on any atom is 0.0816 e. The Kier molecular flexibility index (Phi) is 10.2. The summed E-state index contributed by atoms with van der Waals surface area (Å²) < 4.78 is 0. The molecule has 0 aliphatic carbocycles. The van der Waals surface area contributed by atoms with Crippen molar-refractivity contribution >= 4 is 12.4 Å². The van der Waals surface area contributed by atoms with Gasteiger partial charge in [-0.25, -0.2) is 4.98 Å². The van der Waals surface area contributed by atoms with Gasteiger partial charge in [-0.05, 0) is 53.7 Å². The first kappa shape index (κ1) is 24.1. The minimum absolute atomic E-state index is 0. The van der Waals surface area contributed by atoms with E-state index in [9.17, 15) is 5.11 Å². The van der Waals surface area contributed by atoms with Gasteiger partial charge in [0, 0.05) is 31.9 Å². The Labute approximate surface area is 170 Å². The van der Waals surface area contributed by atoms with Crippen molar-refractivity contribution in [3.8, 4) is 5.75 Å². The third kappa shape index (κ3) is 12.5. The zero-order valence-corrected chi connectivity index (χ0v) is 18.0. The molecule has 0 aliphatic heterocycles. The summed E-state index contributed by atoms with van der Waals surface area (Å²) in [7, 11) is 0. The van der Waals surface area contributed by atoms with Crippen molar-refractivity contribution < 1.29 is 24.6 Å². The molecule has 1 heterocycles. The predicted octanol–water partition coefficient (Wildman–Crippen LogP) is 4.27. The van der Waals surface area contributed by atoms with Crippen LogP contribution in [0.5, 0.6) is 5.75 Å². The smallest absolute Gasteiger partial charge is 0.0816 e. The van der Waals surface area contributed by atoms with Gasteiger partial charge in [-0.15, -0.1) is 5.75 Å². The summed E-state index contributed by atoms with van der Waals surface area (Å²) in [6.45, 7) is 12.4. The van der Waals surface area contributed by atoms with Crippen LogP contribution in [0.25, 0.3) is 0 Å². The van der Waals surface area contributed by atoms with E-state index in [1.807, 2.05) is 36.7 Å². The van der Waals surface area contributed by atoms with E-state index in [0.717, 1.165) is 11.4 Å². The second-order valence-electron chi connectivity index (χ2n) is 7.66. The van der Waals surface area contributed by atoms with E-state index in [0.29, 0.717) is 0 Å². The fraction of sp³-hybridized carbons (Fsp3) is 0.381. The van der Waals surface area contributed by atoms with Crippen LogP contribution in [-0.4, -0.2) is 28.5 Å². The average molecular weight is 441 g/mol. The monoisotopic (exact) mass is 441 g/mol. The summed E-state index contributed by atoms with van der Waals surface area (Å²) in [5, 5.41) is 10.3.